The Hall–Kier alpha value is -2.47. The van der Waals surface area contributed by atoms with Gasteiger partial charge in [-0.15, -0.1) is 0 Å². The van der Waals surface area contributed by atoms with Gasteiger partial charge >= 0.3 is 0 Å². The first-order chi connectivity index (χ1) is 13.8. The van der Waals surface area contributed by atoms with E-state index in [9.17, 15) is 4.79 Å². The van der Waals surface area contributed by atoms with Crippen LogP contribution in [-0.4, -0.2) is 50.6 Å². The zero-order chi connectivity index (χ0) is 21.1. The molecule has 0 fully saturated rings. The van der Waals surface area contributed by atoms with E-state index in [4.69, 9.17) is 10.1 Å². The molecule has 6 nitrogen and oxygen atoms in total. The third-order valence-electron chi connectivity index (χ3n) is 5.64. The molecule has 156 valence electrons. The number of hydrogen-bond donors (Lipinski definition) is 1. The summed E-state index contributed by atoms with van der Waals surface area (Å²) in [5, 5.41) is 8.82. The molecule has 3 aromatic rings. The van der Waals surface area contributed by atoms with Gasteiger partial charge in [0.1, 0.15) is 0 Å². The second-order valence-electron chi connectivity index (χ2n) is 8.29. The number of aryl methyl sites for hydroxylation is 2. The van der Waals surface area contributed by atoms with Crippen LogP contribution in [0.2, 0.25) is 0 Å². The van der Waals surface area contributed by atoms with E-state index in [-0.39, 0.29) is 5.91 Å². The van der Waals surface area contributed by atoms with Gasteiger partial charge in [-0.05, 0) is 65.7 Å². The quantitative estimate of drug-likeness (QED) is 0.632. The maximum atomic E-state index is 12.4. The van der Waals surface area contributed by atoms with Gasteiger partial charge in [0, 0.05) is 48.4 Å². The number of nitrogens with zero attached hydrogens (tertiary/aromatic N) is 4. The molecule has 0 atom stereocenters. The maximum Gasteiger partial charge on any atom is 0.220 e. The highest BCUT2D eigenvalue weighted by molar-refractivity contribution is 5.92. The SMILES string of the molecule is Cc1nc2c3ccccc3nn2c(C)c1CCC(=O)NCCN(C(C)C)C(C)C. The smallest absolute Gasteiger partial charge is 0.220 e. The standard InChI is InChI=1S/C23H33N5O/c1-15(2)27(16(3)4)14-13-24-22(29)12-11-19-17(5)25-23-20-9-7-8-10-21(20)26-28(23)18(19)6/h7-10,15-16H,11-14H2,1-6H3,(H,24,29). The minimum Gasteiger partial charge on any atom is -0.355 e. The largest absolute Gasteiger partial charge is 0.355 e. The van der Waals surface area contributed by atoms with E-state index in [1.165, 1.54) is 0 Å². The Morgan fingerprint density at radius 3 is 2.52 bits per heavy atom. The first-order valence-corrected chi connectivity index (χ1v) is 10.6. The van der Waals surface area contributed by atoms with E-state index in [1.54, 1.807) is 0 Å². The lowest BCUT2D eigenvalue weighted by Gasteiger charge is -2.30. The van der Waals surface area contributed by atoms with Gasteiger partial charge in [0.15, 0.2) is 5.65 Å². The lowest BCUT2D eigenvalue weighted by atomic mass is 10.1. The zero-order valence-corrected chi connectivity index (χ0v) is 18.5. The first kappa shape index (κ1) is 21.2. The summed E-state index contributed by atoms with van der Waals surface area (Å²) >= 11 is 0. The van der Waals surface area contributed by atoms with Crippen molar-refractivity contribution in [1.82, 2.24) is 24.8 Å². The first-order valence-electron chi connectivity index (χ1n) is 10.6. The van der Waals surface area contributed by atoms with E-state index in [1.807, 2.05) is 35.7 Å². The third-order valence-corrected chi connectivity index (χ3v) is 5.64. The second kappa shape index (κ2) is 8.91. The van der Waals surface area contributed by atoms with E-state index in [0.29, 0.717) is 31.5 Å². The van der Waals surface area contributed by atoms with Crippen molar-refractivity contribution in [3.8, 4) is 0 Å². The van der Waals surface area contributed by atoms with Crippen LogP contribution in [0.1, 0.15) is 51.1 Å². The van der Waals surface area contributed by atoms with Gasteiger partial charge in [0.2, 0.25) is 5.91 Å². The summed E-state index contributed by atoms with van der Waals surface area (Å²) in [4.78, 5) is 19.6. The normalized spacial score (nSPS) is 12.0. The van der Waals surface area contributed by atoms with Gasteiger partial charge in [0.25, 0.3) is 0 Å². The minimum absolute atomic E-state index is 0.0852. The second-order valence-corrected chi connectivity index (χ2v) is 8.29. The highest BCUT2D eigenvalue weighted by atomic mass is 16.1. The molecule has 0 unspecified atom stereocenters. The Labute approximate surface area is 173 Å². The van der Waals surface area contributed by atoms with Crippen LogP contribution in [0.5, 0.6) is 0 Å². The third kappa shape index (κ3) is 4.58. The van der Waals surface area contributed by atoms with Crippen LogP contribution in [0, 0.1) is 13.8 Å². The summed E-state index contributed by atoms with van der Waals surface area (Å²) in [5.74, 6) is 0.0852. The molecule has 1 aromatic carbocycles. The number of amides is 1. The van der Waals surface area contributed by atoms with Crippen LogP contribution < -0.4 is 5.32 Å². The van der Waals surface area contributed by atoms with Gasteiger partial charge < -0.3 is 5.32 Å². The van der Waals surface area contributed by atoms with Crippen LogP contribution in [0.25, 0.3) is 16.6 Å². The molecule has 2 heterocycles. The van der Waals surface area contributed by atoms with Crippen molar-refractivity contribution in [3.05, 3.63) is 41.2 Å². The summed E-state index contributed by atoms with van der Waals surface area (Å²) in [6, 6.07) is 8.99. The number of fused-ring (bicyclic) bond motifs is 3. The topological polar surface area (TPSA) is 62.5 Å². The van der Waals surface area contributed by atoms with Crippen molar-refractivity contribution in [2.24, 2.45) is 0 Å². The fourth-order valence-corrected chi connectivity index (χ4v) is 4.10. The van der Waals surface area contributed by atoms with Crippen LogP contribution in [0.3, 0.4) is 0 Å². The summed E-state index contributed by atoms with van der Waals surface area (Å²) in [7, 11) is 0. The highest BCUT2D eigenvalue weighted by Crippen LogP contribution is 2.22. The highest BCUT2D eigenvalue weighted by Gasteiger charge is 2.16. The molecule has 0 saturated heterocycles. The van der Waals surface area contributed by atoms with E-state index in [2.05, 4.69) is 44.8 Å². The van der Waals surface area contributed by atoms with Crippen LogP contribution in [0.4, 0.5) is 0 Å². The van der Waals surface area contributed by atoms with Crippen molar-refractivity contribution < 1.29 is 4.79 Å². The van der Waals surface area contributed by atoms with Crippen molar-refractivity contribution in [2.75, 3.05) is 13.1 Å². The lowest BCUT2D eigenvalue weighted by Crippen LogP contribution is -2.42. The molecule has 6 heteroatoms. The van der Waals surface area contributed by atoms with Crippen molar-refractivity contribution in [1.29, 1.82) is 0 Å². The van der Waals surface area contributed by atoms with E-state index >= 15 is 0 Å². The summed E-state index contributed by atoms with van der Waals surface area (Å²) in [6.07, 6.45) is 1.12. The molecule has 1 amide bonds. The number of rotatable bonds is 8. The van der Waals surface area contributed by atoms with Gasteiger partial charge in [-0.3, -0.25) is 9.69 Å². The Balaban J connectivity index is 1.66. The summed E-state index contributed by atoms with van der Waals surface area (Å²) in [6.45, 7) is 14.4. The van der Waals surface area contributed by atoms with Crippen LogP contribution >= 0.6 is 0 Å². The molecule has 0 spiro atoms. The molecule has 0 aliphatic heterocycles. The number of carbonyl (C=O) groups excluding carboxylic acids is 1. The number of nitrogens with one attached hydrogen (secondary N) is 1. The molecule has 0 aliphatic carbocycles. The predicted octanol–water partition coefficient (Wildman–Crippen LogP) is 3.67. The van der Waals surface area contributed by atoms with Crippen LogP contribution in [-0.2, 0) is 11.2 Å². The fraction of sp³-hybridized carbons (Fsp3) is 0.522. The number of hydrogen-bond acceptors (Lipinski definition) is 4. The van der Waals surface area contributed by atoms with Gasteiger partial charge in [-0.2, -0.15) is 5.10 Å². The Morgan fingerprint density at radius 1 is 1.14 bits per heavy atom. The molecular formula is C23H33N5O. The number of benzene rings is 1. The number of carbonyl (C=O) groups is 1. The minimum atomic E-state index is 0.0852. The summed E-state index contributed by atoms with van der Waals surface area (Å²) in [5.41, 5.74) is 4.96. The Bertz CT molecular complexity index is 997. The predicted molar refractivity (Wildman–Crippen MR) is 118 cm³/mol. The zero-order valence-electron chi connectivity index (χ0n) is 18.5. The maximum absolute atomic E-state index is 12.4. The average Bonchev–Trinajstić information content (AvgIpc) is 3.03. The molecule has 0 aliphatic rings. The fourth-order valence-electron chi connectivity index (χ4n) is 4.10. The molecule has 2 aromatic heterocycles. The Kier molecular flexibility index (Phi) is 6.52. The van der Waals surface area contributed by atoms with Gasteiger partial charge in [0.05, 0.1) is 5.52 Å². The lowest BCUT2D eigenvalue weighted by molar-refractivity contribution is -0.121. The van der Waals surface area contributed by atoms with Gasteiger partial charge in [-0.1, -0.05) is 12.1 Å². The molecular weight excluding hydrogens is 362 g/mol. The number of aromatic nitrogens is 3. The Morgan fingerprint density at radius 2 is 1.83 bits per heavy atom. The monoisotopic (exact) mass is 395 g/mol. The van der Waals surface area contributed by atoms with Crippen molar-refractivity contribution in [2.45, 2.75) is 66.5 Å². The molecule has 29 heavy (non-hydrogen) atoms. The van der Waals surface area contributed by atoms with E-state index in [0.717, 1.165) is 40.0 Å². The summed E-state index contributed by atoms with van der Waals surface area (Å²) < 4.78 is 1.91. The molecule has 0 saturated carbocycles. The van der Waals surface area contributed by atoms with Crippen molar-refractivity contribution in [3.63, 3.8) is 0 Å². The molecule has 1 N–H and O–H groups in total. The van der Waals surface area contributed by atoms with E-state index < -0.39 is 0 Å². The molecule has 0 bridgehead atoms. The molecule has 0 radical (unpaired) electrons. The molecule has 3 rings (SSSR count). The van der Waals surface area contributed by atoms with Crippen LogP contribution in [0.15, 0.2) is 24.3 Å². The van der Waals surface area contributed by atoms with Crippen molar-refractivity contribution >= 4 is 22.5 Å². The average molecular weight is 396 g/mol. The van der Waals surface area contributed by atoms with Gasteiger partial charge in [-0.25, -0.2) is 9.50 Å².